The van der Waals surface area contributed by atoms with E-state index in [0.717, 1.165) is 37.4 Å². The minimum Gasteiger partial charge on any atom is -0.419 e. The smallest absolute Gasteiger partial charge is 0.284 e. The first-order valence-electron chi connectivity index (χ1n) is 11.2. The van der Waals surface area contributed by atoms with Gasteiger partial charge in [0.2, 0.25) is 21.7 Å². The van der Waals surface area contributed by atoms with E-state index in [1.54, 1.807) is 23.6 Å². The highest BCUT2D eigenvalue weighted by Crippen LogP contribution is 2.37. The second kappa shape index (κ2) is 7.74. The standard InChI is InChI=1S/C21H24N8O4S/c1-14-24-25-20(33-14)19-23-9-18-17(28-5-4-27-6-7-32-12-15(27)10-28)8-16(11-29(18)19)34(30,31)26-21(13-22)2-3-21/h8-9,11,15,26H,2-7,10,12H2,1H3/t15-/m1/s1. The normalized spacial score (nSPS) is 22.5. The number of piperazine rings is 1. The van der Waals surface area contributed by atoms with Crippen LogP contribution in [0.4, 0.5) is 5.69 Å². The monoisotopic (exact) mass is 484 g/mol. The van der Waals surface area contributed by atoms with Crippen molar-refractivity contribution in [3.63, 3.8) is 0 Å². The number of rotatable bonds is 5. The lowest BCUT2D eigenvalue weighted by Crippen LogP contribution is -2.58. The average Bonchev–Trinajstić information content (AvgIpc) is 3.25. The second-order valence-corrected chi connectivity index (χ2v) is 10.7. The summed E-state index contributed by atoms with van der Waals surface area (Å²) in [6.45, 7) is 6.26. The van der Waals surface area contributed by atoms with Crippen LogP contribution in [0.3, 0.4) is 0 Å². The highest BCUT2D eigenvalue weighted by atomic mass is 32.2. The van der Waals surface area contributed by atoms with Crippen molar-refractivity contribution in [2.45, 2.75) is 36.2 Å². The molecule has 178 valence electrons. The second-order valence-electron chi connectivity index (χ2n) is 9.03. The van der Waals surface area contributed by atoms with Crippen LogP contribution in [-0.4, -0.2) is 83.9 Å². The van der Waals surface area contributed by atoms with Gasteiger partial charge in [0, 0.05) is 39.3 Å². The van der Waals surface area contributed by atoms with Gasteiger partial charge in [-0.25, -0.2) is 13.4 Å². The number of aromatic nitrogens is 4. The summed E-state index contributed by atoms with van der Waals surface area (Å²) in [7, 11) is -3.96. The first-order valence-corrected chi connectivity index (χ1v) is 12.7. The SMILES string of the molecule is Cc1nnc(-c2ncc3c(N4CCN5CCOC[C@H]5C4)cc(S(=O)(=O)NC4(C#N)CC4)cn23)o1. The Morgan fingerprint density at radius 1 is 1.26 bits per heavy atom. The fraction of sp³-hybridized carbons (Fsp3) is 0.524. The van der Waals surface area contributed by atoms with Crippen molar-refractivity contribution in [2.75, 3.05) is 44.3 Å². The van der Waals surface area contributed by atoms with E-state index in [2.05, 4.69) is 35.8 Å². The first kappa shape index (κ1) is 21.5. The summed E-state index contributed by atoms with van der Waals surface area (Å²) >= 11 is 0. The maximum absolute atomic E-state index is 13.3. The molecule has 2 saturated heterocycles. The van der Waals surface area contributed by atoms with Gasteiger partial charge in [-0.2, -0.15) is 9.98 Å². The van der Waals surface area contributed by atoms with Gasteiger partial charge in [-0.1, -0.05) is 0 Å². The molecule has 0 spiro atoms. The predicted molar refractivity (Wildman–Crippen MR) is 120 cm³/mol. The Hall–Kier alpha value is -3.05. The molecule has 1 aliphatic carbocycles. The van der Waals surface area contributed by atoms with Crippen LogP contribution >= 0.6 is 0 Å². The molecular weight excluding hydrogens is 460 g/mol. The maximum atomic E-state index is 13.3. The fourth-order valence-corrected chi connectivity index (χ4v) is 6.04. The molecule has 13 heteroatoms. The number of morpholine rings is 1. The predicted octanol–water partition coefficient (Wildman–Crippen LogP) is 0.548. The van der Waals surface area contributed by atoms with Crippen molar-refractivity contribution in [3.05, 3.63) is 24.4 Å². The van der Waals surface area contributed by atoms with Crippen LogP contribution < -0.4 is 9.62 Å². The topological polar surface area (TPSA) is 142 Å². The molecule has 34 heavy (non-hydrogen) atoms. The number of ether oxygens (including phenoxy) is 1. The van der Waals surface area contributed by atoms with Crippen molar-refractivity contribution >= 4 is 21.2 Å². The van der Waals surface area contributed by atoms with E-state index in [1.165, 1.54) is 6.20 Å². The quantitative estimate of drug-likeness (QED) is 0.545. The zero-order valence-corrected chi connectivity index (χ0v) is 19.5. The number of anilines is 1. The Morgan fingerprint density at radius 2 is 2.12 bits per heavy atom. The molecule has 1 saturated carbocycles. The Bertz CT molecular complexity index is 1400. The first-order chi connectivity index (χ1) is 16.4. The van der Waals surface area contributed by atoms with Crippen molar-refractivity contribution in [2.24, 2.45) is 0 Å². The van der Waals surface area contributed by atoms with Gasteiger partial charge >= 0.3 is 0 Å². The van der Waals surface area contributed by atoms with Gasteiger partial charge < -0.3 is 14.1 Å². The molecule has 0 unspecified atom stereocenters. The van der Waals surface area contributed by atoms with Gasteiger partial charge in [-0.05, 0) is 18.9 Å². The van der Waals surface area contributed by atoms with Gasteiger partial charge in [-0.15, -0.1) is 10.2 Å². The van der Waals surface area contributed by atoms with Gasteiger partial charge in [-0.3, -0.25) is 9.30 Å². The number of fused-ring (bicyclic) bond motifs is 2. The lowest BCUT2D eigenvalue weighted by Gasteiger charge is -2.44. The molecule has 1 atom stereocenters. The Labute approximate surface area is 196 Å². The summed E-state index contributed by atoms with van der Waals surface area (Å²) < 4.78 is 42.2. The van der Waals surface area contributed by atoms with Crippen molar-refractivity contribution in [1.82, 2.24) is 29.2 Å². The van der Waals surface area contributed by atoms with Crippen molar-refractivity contribution in [3.8, 4) is 17.8 Å². The molecule has 12 nitrogen and oxygen atoms in total. The largest absolute Gasteiger partial charge is 0.419 e. The van der Waals surface area contributed by atoms with Crippen molar-refractivity contribution in [1.29, 1.82) is 5.26 Å². The number of nitrogens with one attached hydrogen (secondary N) is 1. The zero-order chi connectivity index (χ0) is 23.5. The summed E-state index contributed by atoms with van der Waals surface area (Å²) in [5.74, 6) is 0.942. The molecule has 3 aliphatic rings. The van der Waals surface area contributed by atoms with Crippen molar-refractivity contribution < 1.29 is 17.6 Å². The molecule has 3 fully saturated rings. The zero-order valence-electron chi connectivity index (χ0n) is 18.6. The van der Waals surface area contributed by atoms with E-state index in [0.29, 0.717) is 37.7 Å². The van der Waals surface area contributed by atoms with E-state index in [4.69, 9.17) is 9.15 Å². The fourth-order valence-electron chi connectivity index (χ4n) is 4.64. The molecule has 0 amide bonds. The van der Waals surface area contributed by atoms with Crippen LogP contribution in [0.25, 0.3) is 17.2 Å². The van der Waals surface area contributed by atoms with Gasteiger partial charge in [0.1, 0.15) is 10.4 Å². The van der Waals surface area contributed by atoms with Crippen LogP contribution in [-0.2, 0) is 14.8 Å². The van der Waals surface area contributed by atoms with E-state index in [1.807, 2.05) is 0 Å². The van der Waals surface area contributed by atoms with Gasteiger partial charge in [0.15, 0.2) is 0 Å². The molecule has 2 aliphatic heterocycles. The summed E-state index contributed by atoms with van der Waals surface area (Å²) in [6.07, 6.45) is 4.18. The Kier molecular flexibility index (Phi) is 4.89. The summed E-state index contributed by atoms with van der Waals surface area (Å²) in [4.78, 5) is 9.11. The Morgan fingerprint density at radius 3 is 2.85 bits per heavy atom. The lowest BCUT2D eigenvalue weighted by molar-refractivity contribution is -0.0116. The van der Waals surface area contributed by atoms with Crippen LogP contribution in [0.1, 0.15) is 18.7 Å². The number of aryl methyl sites for hydroxylation is 1. The number of nitriles is 1. The molecule has 3 aromatic rings. The highest BCUT2D eigenvalue weighted by Gasteiger charge is 2.47. The summed E-state index contributed by atoms with van der Waals surface area (Å²) in [5, 5.41) is 17.4. The number of nitrogens with zero attached hydrogens (tertiary/aromatic N) is 7. The minimum absolute atomic E-state index is 0.0503. The molecular formula is C21H24N8O4S. The summed E-state index contributed by atoms with van der Waals surface area (Å²) in [5.41, 5.74) is 0.446. The third-order valence-corrected chi connectivity index (χ3v) is 8.20. The average molecular weight is 485 g/mol. The maximum Gasteiger partial charge on any atom is 0.284 e. The number of hydrogen-bond acceptors (Lipinski definition) is 10. The molecule has 6 rings (SSSR count). The number of pyridine rings is 1. The third-order valence-electron chi connectivity index (χ3n) is 6.69. The molecule has 5 heterocycles. The van der Waals surface area contributed by atoms with E-state index >= 15 is 0 Å². The summed E-state index contributed by atoms with van der Waals surface area (Å²) in [6, 6.07) is 3.98. The van der Waals surface area contributed by atoms with E-state index in [-0.39, 0.29) is 16.8 Å². The third kappa shape index (κ3) is 3.63. The van der Waals surface area contributed by atoms with Crippen LogP contribution in [0.2, 0.25) is 0 Å². The molecule has 0 bridgehead atoms. The highest BCUT2D eigenvalue weighted by molar-refractivity contribution is 7.89. The van der Waals surface area contributed by atoms with Gasteiger partial charge in [0.05, 0.1) is 42.7 Å². The van der Waals surface area contributed by atoms with Crippen LogP contribution in [0.5, 0.6) is 0 Å². The molecule has 1 N–H and O–H groups in total. The van der Waals surface area contributed by atoms with E-state index in [9.17, 15) is 13.7 Å². The number of imidazole rings is 1. The number of hydrogen-bond donors (Lipinski definition) is 1. The molecule has 3 aromatic heterocycles. The number of sulfonamides is 1. The molecule has 0 aromatic carbocycles. The van der Waals surface area contributed by atoms with Gasteiger partial charge in [0.25, 0.3) is 5.89 Å². The Balaban J connectivity index is 1.47. The van der Waals surface area contributed by atoms with E-state index < -0.39 is 15.6 Å². The minimum atomic E-state index is -3.96. The lowest BCUT2D eigenvalue weighted by atomic mass is 10.1. The molecule has 0 radical (unpaired) electrons. The van der Waals surface area contributed by atoms with Crippen LogP contribution in [0.15, 0.2) is 27.8 Å². The van der Waals surface area contributed by atoms with Crippen LogP contribution in [0, 0.1) is 18.3 Å².